The van der Waals surface area contributed by atoms with Crippen molar-refractivity contribution in [2.45, 2.75) is 38.6 Å². The van der Waals surface area contributed by atoms with Crippen LogP contribution in [0, 0.1) is 6.92 Å². The summed E-state index contributed by atoms with van der Waals surface area (Å²) in [4.78, 5) is 29.7. The van der Waals surface area contributed by atoms with Crippen molar-refractivity contribution in [2.24, 2.45) is 0 Å². The number of hydrogen-bond donors (Lipinski definition) is 3. The standard InChI is InChI=1S/C22H26N4O4.2ClH/c1-14-11-19(15-5-7-23-8-6-15)30-22(29)20(14)21(28)25-16-3-4-18-17(12-16)24-13-26(18)9-2-10-27;;/h3-4,11-13,15,23,27H,2,5-10H2,1H3,(H,25,28);2*1H. The van der Waals surface area contributed by atoms with Gasteiger partial charge >= 0.3 is 5.63 Å². The van der Waals surface area contributed by atoms with Crippen LogP contribution in [0.3, 0.4) is 0 Å². The number of carbonyl (C=O) groups excluding carboxylic acids is 1. The molecule has 0 bridgehead atoms. The molecule has 174 valence electrons. The Bertz CT molecular complexity index is 1120. The number of rotatable bonds is 6. The van der Waals surface area contributed by atoms with Crippen LogP contribution in [0.25, 0.3) is 11.0 Å². The molecule has 0 aliphatic carbocycles. The van der Waals surface area contributed by atoms with E-state index in [1.807, 2.05) is 16.7 Å². The van der Waals surface area contributed by atoms with Crippen LogP contribution in [0.5, 0.6) is 0 Å². The van der Waals surface area contributed by atoms with Gasteiger partial charge in [-0.3, -0.25) is 4.79 Å². The van der Waals surface area contributed by atoms with Crippen LogP contribution in [-0.2, 0) is 6.54 Å². The summed E-state index contributed by atoms with van der Waals surface area (Å²) in [6.07, 6.45) is 4.19. The predicted molar refractivity (Wildman–Crippen MR) is 128 cm³/mol. The van der Waals surface area contributed by atoms with Gasteiger partial charge in [-0.1, -0.05) is 0 Å². The first-order chi connectivity index (χ1) is 14.6. The minimum Gasteiger partial charge on any atom is -0.427 e. The van der Waals surface area contributed by atoms with Crippen LogP contribution < -0.4 is 16.3 Å². The molecule has 10 heteroatoms. The molecule has 0 radical (unpaired) electrons. The molecule has 1 amide bonds. The number of nitrogens with zero attached hydrogens (tertiary/aromatic N) is 2. The number of amides is 1. The summed E-state index contributed by atoms with van der Waals surface area (Å²) in [5.74, 6) is 0.376. The normalized spacial score (nSPS) is 13.9. The fourth-order valence-electron chi connectivity index (χ4n) is 3.97. The summed E-state index contributed by atoms with van der Waals surface area (Å²) in [5.41, 5.74) is 2.25. The Balaban J connectivity index is 0.00000181. The lowest BCUT2D eigenvalue weighted by molar-refractivity contribution is 0.102. The predicted octanol–water partition coefficient (Wildman–Crippen LogP) is 3.24. The van der Waals surface area contributed by atoms with Gasteiger partial charge in [-0.15, -0.1) is 24.8 Å². The summed E-state index contributed by atoms with van der Waals surface area (Å²) in [6, 6.07) is 7.23. The van der Waals surface area contributed by atoms with E-state index in [1.54, 1.807) is 25.4 Å². The highest BCUT2D eigenvalue weighted by atomic mass is 35.5. The molecule has 1 aliphatic rings. The lowest BCUT2D eigenvalue weighted by atomic mass is 9.94. The molecular weight excluding hydrogens is 455 g/mol. The SMILES string of the molecule is Cc1cc(C2CCNCC2)oc(=O)c1C(=O)Nc1ccc2c(c1)ncn2CCCO.Cl.Cl. The van der Waals surface area contributed by atoms with Gasteiger partial charge in [0.1, 0.15) is 11.3 Å². The van der Waals surface area contributed by atoms with E-state index in [2.05, 4.69) is 15.6 Å². The number of nitrogens with one attached hydrogen (secondary N) is 2. The van der Waals surface area contributed by atoms with Gasteiger partial charge in [0.15, 0.2) is 0 Å². The van der Waals surface area contributed by atoms with Crippen molar-refractivity contribution in [3.8, 4) is 0 Å². The van der Waals surface area contributed by atoms with E-state index in [0.717, 1.165) is 37.0 Å². The third-order valence-corrected chi connectivity index (χ3v) is 5.57. The largest absolute Gasteiger partial charge is 0.427 e. The highest BCUT2D eigenvalue weighted by Gasteiger charge is 2.22. The number of aromatic nitrogens is 2. The molecule has 1 aromatic carbocycles. The Morgan fingerprint density at radius 3 is 2.72 bits per heavy atom. The average molecular weight is 483 g/mol. The van der Waals surface area contributed by atoms with Crippen LogP contribution in [0.1, 0.15) is 46.9 Å². The minimum absolute atomic E-state index is 0. The van der Waals surface area contributed by atoms with Crippen molar-refractivity contribution >= 4 is 47.4 Å². The lowest BCUT2D eigenvalue weighted by Gasteiger charge is -2.21. The topological polar surface area (TPSA) is 109 Å². The Hall–Kier alpha value is -2.39. The Morgan fingerprint density at radius 1 is 1.28 bits per heavy atom. The van der Waals surface area contributed by atoms with Crippen LogP contribution in [-0.4, -0.2) is 40.3 Å². The molecule has 3 aromatic rings. The second kappa shape index (κ2) is 11.5. The van der Waals surface area contributed by atoms with Crippen LogP contribution >= 0.6 is 24.8 Å². The van der Waals surface area contributed by atoms with Gasteiger partial charge in [-0.2, -0.15) is 0 Å². The van der Waals surface area contributed by atoms with Gasteiger partial charge < -0.3 is 24.7 Å². The number of piperidine rings is 1. The number of carbonyl (C=O) groups is 1. The van der Waals surface area contributed by atoms with E-state index in [1.165, 1.54) is 0 Å². The molecular formula is C22H28Cl2N4O4. The van der Waals surface area contributed by atoms with Crippen molar-refractivity contribution in [2.75, 3.05) is 25.0 Å². The average Bonchev–Trinajstić information content (AvgIpc) is 3.14. The van der Waals surface area contributed by atoms with Gasteiger partial charge in [0, 0.05) is 24.8 Å². The fourth-order valence-corrected chi connectivity index (χ4v) is 3.97. The number of aryl methyl sites for hydroxylation is 2. The van der Waals surface area contributed by atoms with E-state index in [9.17, 15) is 9.59 Å². The van der Waals surface area contributed by atoms with E-state index < -0.39 is 11.5 Å². The molecule has 3 heterocycles. The number of imidazole rings is 1. The second-order valence-electron chi connectivity index (χ2n) is 7.69. The first-order valence-corrected chi connectivity index (χ1v) is 10.3. The third-order valence-electron chi connectivity index (χ3n) is 5.57. The molecule has 1 aliphatic heterocycles. The highest BCUT2D eigenvalue weighted by molar-refractivity contribution is 6.05. The zero-order valence-corrected chi connectivity index (χ0v) is 19.4. The van der Waals surface area contributed by atoms with Crippen LogP contribution in [0.15, 0.2) is 39.8 Å². The maximum Gasteiger partial charge on any atom is 0.349 e. The Morgan fingerprint density at radius 2 is 2.03 bits per heavy atom. The monoisotopic (exact) mass is 482 g/mol. The van der Waals surface area contributed by atoms with Gasteiger partial charge in [0.2, 0.25) is 0 Å². The number of halogens is 2. The first kappa shape index (κ1) is 25.9. The van der Waals surface area contributed by atoms with Crippen molar-refractivity contribution in [1.29, 1.82) is 0 Å². The Labute approximate surface area is 198 Å². The van der Waals surface area contributed by atoms with Crippen LogP contribution in [0.2, 0.25) is 0 Å². The summed E-state index contributed by atoms with van der Waals surface area (Å²) < 4.78 is 7.47. The fraction of sp³-hybridized carbons (Fsp3) is 0.409. The summed E-state index contributed by atoms with van der Waals surface area (Å²) in [7, 11) is 0. The smallest absolute Gasteiger partial charge is 0.349 e. The summed E-state index contributed by atoms with van der Waals surface area (Å²) >= 11 is 0. The van der Waals surface area contributed by atoms with Gasteiger partial charge in [0.25, 0.3) is 5.91 Å². The molecule has 1 saturated heterocycles. The maximum absolute atomic E-state index is 12.8. The van der Waals surface area contributed by atoms with Gasteiger partial charge in [0.05, 0.1) is 17.4 Å². The number of benzene rings is 1. The zero-order valence-electron chi connectivity index (χ0n) is 17.8. The first-order valence-electron chi connectivity index (χ1n) is 10.3. The molecule has 0 atom stereocenters. The second-order valence-corrected chi connectivity index (χ2v) is 7.69. The molecule has 3 N–H and O–H groups in total. The van der Waals surface area contributed by atoms with E-state index in [-0.39, 0.29) is 42.9 Å². The van der Waals surface area contributed by atoms with Gasteiger partial charge in [-0.05, 0) is 69.1 Å². The zero-order chi connectivity index (χ0) is 21.1. The quantitative estimate of drug-likeness (QED) is 0.497. The molecule has 32 heavy (non-hydrogen) atoms. The van der Waals surface area contributed by atoms with Crippen LogP contribution in [0.4, 0.5) is 5.69 Å². The maximum atomic E-state index is 12.8. The van der Waals surface area contributed by atoms with E-state index >= 15 is 0 Å². The molecule has 0 saturated carbocycles. The molecule has 1 fully saturated rings. The molecule has 8 nitrogen and oxygen atoms in total. The Kier molecular flexibility index (Phi) is 9.27. The molecule has 4 rings (SSSR count). The number of fused-ring (bicyclic) bond motifs is 1. The van der Waals surface area contributed by atoms with Crippen molar-refractivity contribution in [1.82, 2.24) is 14.9 Å². The lowest BCUT2D eigenvalue weighted by Crippen LogP contribution is -2.28. The molecule has 2 aromatic heterocycles. The summed E-state index contributed by atoms with van der Waals surface area (Å²) in [6.45, 7) is 4.35. The number of aliphatic hydroxyl groups excluding tert-OH is 1. The van der Waals surface area contributed by atoms with Crippen molar-refractivity contribution < 1.29 is 14.3 Å². The van der Waals surface area contributed by atoms with Gasteiger partial charge in [-0.25, -0.2) is 9.78 Å². The number of anilines is 1. The number of hydrogen-bond acceptors (Lipinski definition) is 6. The molecule has 0 unspecified atom stereocenters. The minimum atomic E-state index is -0.601. The van der Waals surface area contributed by atoms with Crippen molar-refractivity contribution in [3.05, 3.63) is 57.9 Å². The van der Waals surface area contributed by atoms with Crippen molar-refractivity contribution in [3.63, 3.8) is 0 Å². The highest BCUT2D eigenvalue weighted by Crippen LogP contribution is 2.26. The van der Waals surface area contributed by atoms with E-state index in [4.69, 9.17) is 9.52 Å². The van der Waals surface area contributed by atoms with E-state index in [0.29, 0.717) is 30.0 Å². The molecule has 0 spiro atoms. The summed E-state index contributed by atoms with van der Waals surface area (Å²) in [5, 5.41) is 15.1. The number of aliphatic hydroxyl groups is 1. The third kappa shape index (κ3) is 5.50.